The van der Waals surface area contributed by atoms with Crippen LogP contribution in [-0.2, 0) is 0 Å². The van der Waals surface area contributed by atoms with Crippen LogP contribution in [-0.4, -0.2) is 15.3 Å². The first-order valence-corrected chi connectivity index (χ1v) is 5.60. The van der Waals surface area contributed by atoms with E-state index in [0.29, 0.717) is 10.8 Å². The Labute approximate surface area is 91.7 Å². The third-order valence-corrected chi connectivity index (χ3v) is 3.39. The van der Waals surface area contributed by atoms with E-state index in [-0.39, 0.29) is 0 Å². The van der Waals surface area contributed by atoms with Gasteiger partial charge >= 0.3 is 0 Å². The Bertz CT molecular complexity index is 524. The van der Waals surface area contributed by atoms with Gasteiger partial charge in [0.15, 0.2) is 4.96 Å². The number of rotatable bonds is 2. The van der Waals surface area contributed by atoms with E-state index in [1.54, 1.807) is 6.20 Å². The number of amides is 1. The summed E-state index contributed by atoms with van der Waals surface area (Å²) >= 11 is 1.34. The van der Waals surface area contributed by atoms with Gasteiger partial charge in [0.25, 0.3) is 5.91 Å². The minimum absolute atomic E-state index is 0.393. The molecular formula is C10H13N3OS. The number of nitrogens with two attached hydrogens (primary N) is 1. The molecule has 0 saturated heterocycles. The molecule has 2 N–H and O–H groups in total. The largest absolute Gasteiger partial charge is 0.365 e. The van der Waals surface area contributed by atoms with E-state index in [1.807, 2.05) is 11.3 Å². The van der Waals surface area contributed by atoms with Crippen molar-refractivity contribution in [3.63, 3.8) is 0 Å². The number of imidazole rings is 1. The van der Waals surface area contributed by atoms with E-state index in [0.717, 1.165) is 16.3 Å². The third-order valence-electron chi connectivity index (χ3n) is 2.39. The summed E-state index contributed by atoms with van der Waals surface area (Å²) in [5.41, 5.74) is 7.38. The minimum Gasteiger partial charge on any atom is -0.365 e. The highest BCUT2D eigenvalue weighted by molar-refractivity contribution is 7.18. The maximum absolute atomic E-state index is 11.0. The van der Waals surface area contributed by atoms with Crippen LogP contribution in [0.5, 0.6) is 0 Å². The Hall–Kier alpha value is -1.36. The zero-order valence-electron chi connectivity index (χ0n) is 8.94. The molecule has 0 aromatic carbocycles. The number of hydrogen-bond donors (Lipinski definition) is 1. The summed E-state index contributed by atoms with van der Waals surface area (Å²) in [5, 5.41) is 0. The summed E-state index contributed by atoms with van der Waals surface area (Å²) in [6, 6.07) is 0. The van der Waals surface area contributed by atoms with Gasteiger partial charge < -0.3 is 5.73 Å². The van der Waals surface area contributed by atoms with Crippen molar-refractivity contribution in [1.29, 1.82) is 0 Å². The zero-order valence-corrected chi connectivity index (χ0v) is 9.76. The first kappa shape index (κ1) is 10.2. The highest BCUT2D eigenvalue weighted by atomic mass is 32.1. The minimum atomic E-state index is -0.393. The number of thiazole rings is 1. The Morgan fingerprint density at radius 3 is 2.73 bits per heavy atom. The van der Waals surface area contributed by atoms with Gasteiger partial charge in [-0.2, -0.15) is 0 Å². The second kappa shape index (κ2) is 3.34. The van der Waals surface area contributed by atoms with E-state index in [2.05, 4.69) is 18.8 Å². The number of nitrogens with zero attached hydrogens (tertiary/aromatic N) is 2. The number of hydrogen-bond acceptors (Lipinski definition) is 3. The summed E-state index contributed by atoms with van der Waals surface area (Å²) in [6.45, 7) is 6.22. The van der Waals surface area contributed by atoms with Gasteiger partial charge in [0.1, 0.15) is 4.88 Å². The first-order valence-electron chi connectivity index (χ1n) is 4.79. The predicted molar refractivity (Wildman–Crippen MR) is 60.4 cm³/mol. The lowest BCUT2D eigenvalue weighted by Crippen LogP contribution is -2.08. The lowest BCUT2D eigenvalue weighted by Gasteiger charge is -2.00. The van der Waals surface area contributed by atoms with Gasteiger partial charge in [-0.05, 0) is 12.8 Å². The van der Waals surface area contributed by atoms with Crippen LogP contribution in [0.15, 0.2) is 6.20 Å². The van der Waals surface area contributed by atoms with E-state index in [9.17, 15) is 4.79 Å². The fourth-order valence-corrected chi connectivity index (χ4v) is 2.52. The highest BCUT2D eigenvalue weighted by Crippen LogP contribution is 2.24. The van der Waals surface area contributed by atoms with E-state index in [4.69, 9.17) is 5.73 Å². The van der Waals surface area contributed by atoms with Crippen molar-refractivity contribution in [1.82, 2.24) is 9.38 Å². The molecule has 0 saturated carbocycles. The van der Waals surface area contributed by atoms with Crippen LogP contribution in [0.1, 0.15) is 40.8 Å². The second-order valence-electron chi connectivity index (χ2n) is 3.85. The summed E-state index contributed by atoms with van der Waals surface area (Å²) in [4.78, 5) is 16.9. The lowest BCUT2D eigenvalue weighted by molar-refractivity contribution is 0.100. The maximum atomic E-state index is 11.0. The van der Waals surface area contributed by atoms with Gasteiger partial charge in [0.2, 0.25) is 0 Å². The standard InChI is InChI=1S/C10H13N3OS/c1-5(2)8-6(3)13-4-7(9(11)14)15-10(13)12-8/h4-5H,1-3H3,(H2,11,14). The number of carbonyl (C=O) groups is 1. The van der Waals surface area contributed by atoms with Gasteiger partial charge in [0.05, 0.1) is 5.69 Å². The van der Waals surface area contributed by atoms with Crippen LogP contribution in [0.2, 0.25) is 0 Å². The molecule has 1 amide bonds. The first-order chi connectivity index (χ1) is 7.00. The highest BCUT2D eigenvalue weighted by Gasteiger charge is 2.15. The Kier molecular flexibility index (Phi) is 2.26. The molecule has 0 atom stereocenters. The summed E-state index contributed by atoms with van der Waals surface area (Å²) in [6.07, 6.45) is 1.76. The average Bonchev–Trinajstić information content (AvgIpc) is 2.65. The summed E-state index contributed by atoms with van der Waals surface area (Å²) in [7, 11) is 0. The average molecular weight is 223 g/mol. The molecule has 5 heteroatoms. The topological polar surface area (TPSA) is 60.4 Å². The Morgan fingerprint density at radius 2 is 2.27 bits per heavy atom. The molecule has 4 nitrogen and oxygen atoms in total. The molecule has 0 aliphatic heterocycles. The quantitative estimate of drug-likeness (QED) is 0.845. The number of primary amides is 1. The van der Waals surface area contributed by atoms with Gasteiger partial charge in [-0.15, -0.1) is 0 Å². The molecule has 0 radical (unpaired) electrons. The Balaban J connectivity index is 2.62. The van der Waals surface area contributed by atoms with E-state index >= 15 is 0 Å². The van der Waals surface area contributed by atoms with E-state index in [1.165, 1.54) is 11.3 Å². The molecule has 0 fully saturated rings. The van der Waals surface area contributed by atoms with Crippen LogP contribution in [0.3, 0.4) is 0 Å². The molecule has 0 spiro atoms. The second-order valence-corrected chi connectivity index (χ2v) is 4.86. The number of carbonyl (C=O) groups excluding carboxylic acids is 1. The molecule has 2 heterocycles. The summed E-state index contributed by atoms with van der Waals surface area (Å²) in [5.74, 6) is 0.00475. The van der Waals surface area contributed by atoms with Crippen molar-refractivity contribution < 1.29 is 4.79 Å². The molecule has 0 aliphatic rings. The predicted octanol–water partition coefficient (Wildman–Crippen LogP) is 1.93. The van der Waals surface area contributed by atoms with Crippen LogP contribution in [0.25, 0.3) is 4.96 Å². The van der Waals surface area contributed by atoms with Gasteiger partial charge in [-0.25, -0.2) is 4.98 Å². The van der Waals surface area contributed by atoms with Gasteiger partial charge in [0, 0.05) is 11.9 Å². The number of aryl methyl sites for hydroxylation is 1. The zero-order chi connectivity index (χ0) is 11.2. The van der Waals surface area contributed by atoms with Crippen molar-refractivity contribution in [2.45, 2.75) is 26.7 Å². The van der Waals surface area contributed by atoms with Crippen LogP contribution in [0, 0.1) is 6.92 Å². The molecule has 15 heavy (non-hydrogen) atoms. The van der Waals surface area contributed by atoms with E-state index < -0.39 is 5.91 Å². The fraction of sp³-hybridized carbons (Fsp3) is 0.400. The molecule has 2 aromatic heterocycles. The molecule has 2 aromatic rings. The smallest absolute Gasteiger partial charge is 0.260 e. The number of aromatic nitrogens is 2. The van der Waals surface area contributed by atoms with Crippen LogP contribution < -0.4 is 5.73 Å². The van der Waals surface area contributed by atoms with Crippen molar-refractivity contribution in [3.05, 3.63) is 22.5 Å². The van der Waals surface area contributed by atoms with Crippen molar-refractivity contribution in [2.75, 3.05) is 0 Å². The third kappa shape index (κ3) is 1.52. The Morgan fingerprint density at radius 1 is 1.60 bits per heavy atom. The van der Waals surface area contributed by atoms with Crippen LogP contribution in [0.4, 0.5) is 0 Å². The number of fused-ring (bicyclic) bond motifs is 1. The van der Waals surface area contributed by atoms with Crippen molar-refractivity contribution in [3.8, 4) is 0 Å². The van der Waals surface area contributed by atoms with Crippen LogP contribution >= 0.6 is 11.3 Å². The summed E-state index contributed by atoms with van der Waals surface area (Å²) < 4.78 is 1.93. The normalized spacial score (nSPS) is 11.5. The monoisotopic (exact) mass is 223 g/mol. The van der Waals surface area contributed by atoms with Crippen molar-refractivity contribution >= 4 is 22.2 Å². The maximum Gasteiger partial charge on any atom is 0.260 e. The lowest BCUT2D eigenvalue weighted by atomic mass is 10.1. The van der Waals surface area contributed by atoms with Gasteiger partial charge in [-0.1, -0.05) is 25.2 Å². The molecular weight excluding hydrogens is 210 g/mol. The van der Waals surface area contributed by atoms with Crippen molar-refractivity contribution in [2.24, 2.45) is 5.73 Å². The molecule has 0 unspecified atom stereocenters. The fourth-order valence-electron chi connectivity index (χ4n) is 1.63. The molecule has 0 aliphatic carbocycles. The SMILES string of the molecule is Cc1c(C(C)C)nc2sc(C(N)=O)cn12. The molecule has 80 valence electrons. The molecule has 2 rings (SSSR count). The van der Waals surface area contributed by atoms with Gasteiger partial charge in [-0.3, -0.25) is 9.20 Å². The molecule has 0 bridgehead atoms.